The summed E-state index contributed by atoms with van der Waals surface area (Å²) in [5, 5.41) is 5.27. The van der Waals surface area contributed by atoms with Gasteiger partial charge >= 0.3 is 0 Å². The number of guanidine groups is 1. The number of rotatable bonds is 4. The Kier molecular flexibility index (Phi) is 4.68. The molecule has 2 aromatic rings. The van der Waals surface area contributed by atoms with Gasteiger partial charge in [-0.1, -0.05) is 19.1 Å². The minimum Gasteiger partial charge on any atom is -0.370 e. The first-order valence-corrected chi connectivity index (χ1v) is 8.85. The number of fused-ring (bicyclic) bond motifs is 1. The number of anilines is 1. The lowest BCUT2D eigenvalue weighted by Gasteiger charge is -2.33. The molecule has 0 bridgehead atoms. The van der Waals surface area contributed by atoms with Gasteiger partial charge in [-0.05, 0) is 48.1 Å². The van der Waals surface area contributed by atoms with Crippen molar-refractivity contribution in [2.75, 3.05) is 18.5 Å². The zero-order valence-corrected chi connectivity index (χ0v) is 14.5. The smallest absolute Gasteiger partial charge is 0.193 e. The summed E-state index contributed by atoms with van der Waals surface area (Å²) in [5.74, 6) is 0.418. The molecule has 1 aromatic heterocycles. The molecular formula is C18H23N3OS. The van der Waals surface area contributed by atoms with Crippen molar-refractivity contribution in [3.63, 3.8) is 0 Å². The summed E-state index contributed by atoms with van der Waals surface area (Å²) < 4.78 is 6.00. The number of nitrogens with one attached hydrogen (secondary N) is 1. The predicted molar refractivity (Wildman–Crippen MR) is 97.3 cm³/mol. The Morgan fingerprint density at radius 2 is 2.13 bits per heavy atom. The van der Waals surface area contributed by atoms with E-state index in [0.717, 1.165) is 25.1 Å². The average Bonchev–Trinajstić information content (AvgIpc) is 3.04. The van der Waals surface area contributed by atoms with Gasteiger partial charge in [-0.2, -0.15) is 0 Å². The molecule has 0 saturated carbocycles. The molecule has 23 heavy (non-hydrogen) atoms. The monoisotopic (exact) mass is 329 g/mol. The highest BCUT2D eigenvalue weighted by Gasteiger charge is 2.33. The Morgan fingerprint density at radius 1 is 1.35 bits per heavy atom. The second kappa shape index (κ2) is 6.72. The molecule has 3 N–H and O–H groups in total. The number of aliphatic imine (C=N–C) groups is 1. The molecule has 122 valence electrons. The van der Waals surface area contributed by atoms with Crippen LogP contribution in [0.2, 0.25) is 0 Å². The maximum atomic E-state index is 6.03. The highest BCUT2D eigenvalue weighted by molar-refractivity contribution is 7.10. The number of aryl methyl sites for hydroxylation is 1. The Hall–Kier alpha value is -1.85. The van der Waals surface area contributed by atoms with Crippen LogP contribution in [0.3, 0.4) is 0 Å². The first-order chi connectivity index (χ1) is 11.1. The normalized spacial score (nSPS) is 21.0. The van der Waals surface area contributed by atoms with Crippen molar-refractivity contribution < 1.29 is 4.74 Å². The third kappa shape index (κ3) is 3.57. The number of nitrogens with two attached hydrogens (primary N) is 1. The summed E-state index contributed by atoms with van der Waals surface area (Å²) in [6.45, 7) is 5.49. The second-order valence-electron chi connectivity index (χ2n) is 5.96. The lowest BCUT2D eigenvalue weighted by atomic mass is 9.93. The molecule has 1 aliphatic heterocycles. The van der Waals surface area contributed by atoms with Crippen LogP contribution < -0.4 is 11.1 Å². The van der Waals surface area contributed by atoms with E-state index < -0.39 is 0 Å². The molecule has 0 spiro atoms. The standard InChI is InChI=1S/C18H23N3OS/c1-3-13-4-6-14(7-5-13)21-17(19)20-12-18(2)15-9-11-23-16(15)8-10-22-18/h4-7,9,11H,3,8,10,12H2,1-2H3,(H3,19,20,21). The minimum atomic E-state index is -0.383. The van der Waals surface area contributed by atoms with Crippen molar-refractivity contribution >= 4 is 23.0 Å². The van der Waals surface area contributed by atoms with Crippen LogP contribution >= 0.6 is 11.3 Å². The lowest BCUT2D eigenvalue weighted by molar-refractivity contribution is -0.0374. The van der Waals surface area contributed by atoms with Crippen LogP contribution in [0.5, 0.6) is 0 Å². The zero-order valence-electron chi connectivity index (χ0n) is 13.6. The summed E-state index contributed by atoms with van der Waals surface area (Å²) in [7, 11) is 0. The Balaban J connectivity index is 1.67. The van der Waals surface area contributed by atoms with Gasteiger partial charge in [-0.15, -0.1) is 11.3 Å². The minimum absolute atomic E-state index is 0.383. The molecule has 3 rings (SSSR count). The summed E-state index contributed by atoms with van der Waals surface area (Å²) in [6.07, 6.45) is 2.02. The van der Waals surface area contributed by atoms with Crippen LogP contribution in [-0.2, 0) is 23.2 Å². The summed E-state index contributed by atoms with van der Waals surface area (Å²) >= 11 is 1.79. The fourth-order valence-electron chi connectivity index (χ4n) is 2.83. The molecule has 4 nitrogen and oxygen atoms in total. The van der Waals surface area contributed by atoms with Gasteiger partial charge in [-0.3, -0.25) is 0 Å². The Bertz CT molecular complexity index is 693. The van der Waals surface area contributed by atoms with Gasteiger partial charge in [0.15, 0.2) is 5.96 Å². The molecular weight excluding hydrogens is 306 g/mol. The molecule has 0 aliphatic carbocycles. The lowest BCUT2D eigenvalue weighted by Crippen LogP contribution is -2.36. The number of nitrogens with zero attached hydrogens (tertiary/aromatic N) is 1. The van der Waals surface area contributed by atoms with Gasteiger partial charge in [0.1, 0.15) is 5.60 Å². The van der Waals surface area contributed by atoms with E-state index in [4.69, 9.17) is 10.5 Å². The van der Waals surface area contributed by atoms with Crippen LogP contribution in [-0.4, -0.2) is 19.1 Å². The Labute approximate surface area is 141 Å². The first-order valence-electron chi connectivity index (χ1n) is 7.97. The maximum Gasteiger partial charge on any atom is 0.193 e. The van der Waals surface area contributed by atoms with Crippen molar-refractivity contribution in [3.8, 4) is 0 Å². The summed E-state index contributed by atoms with van der Waals surface area (Å²) in [5.41, 5.74) is 9.16. The molecule has 1 aromatic carbocycles. The van der Waals surface area contributed by atoms with Gasteiger partial charge < -0.3 is 15.8 Å². The zero-order chi connectivity index (χ0) is 16.3. The molecule has 1 aliphatic rings. The largest absolute Gasteiger partial charge is 0.370 e. The van der Waals surface area contributed by atoms with Gasteiger partial charge in [0.05, 0.1) is 13.2 Å². The van der Waals surface area contributed by atoms with Crippen LogP contribution in [0.25, 0.3) is 0 Å². The van der Waals surface area contributed by atoms with Gasteiger partial charge in [-0.25, -0.2) is 4.99 Å². The average molecular weight is 329 g/mol. The number of hydrogen-bond acceptors (Lipinski definition) is 3. The van der Waals surface area contributed by atoms with Crippen LogP contribution in [0.15, 0.2) is 40.7 Å². The van der Waals surface area contributed by atoms with Gasteiger partial charge in [0, 0.05) is 17.0 Å². The van der Waals surface area contributed by atoms with E-state index in [1.54, 1.807) is 11.3 Å². The summed E-state index contributed by atoms with van der Waals surface area (Å²) in [6, 6.07) is 10.4. The van der Waals surface area contributed by atoms with Crippen LogP contribution in [0.4, 0.5) is 5.69 Å². The van der Waals surface area contributed by atoms with Crippen molar-refractivity contribution in [2.45, 2.75) is 32.3 Å². The number of hydrogen-bond donors (Lipinski definition) is 2. The van der Waals surface area contributed by atoms with E-state index in [2.05, 4.69) is 47.7 Å². The van der Waals surface area contributed by atoms with Gasteiger partial charge in [0.25, 0.3) is 0 Å². The summed E-state index contributed by atoms with van der Waals surface area (Å²) in [4.78, 5) is 5.90. The Morgan fingerprint density at radius 3 is 2.87 bits per heavy atom. The van der Waals surface area contributed by atoms with Crippen LogP contribution in [0.1, 0.15) is 29.9 Å². The van der Waals surface area contributed by atoms with Gasteiger partial charge in [0.2, 0.25) is 0 Å². The third-order valence-corrected chi connectivity index (χ3v) is 5.23. The molecule has 0 fully saturated rings. The fourth-order valence-corrected chi connectivity index (χ4v) is 3.81. The van der Waals surface area contributed by atoms with E-state index in [1.165, 1.54) is 16.0 Å². The van der Waals surface area contributed by atoms with E-state index in [0.29, 0.717) is 12.5 Å². The molecule has 1 atom stereocenters. The van der Waals surface area contributed by atoms with E-state index in [9.17, 15) is 0 Å². The SMILES string of the molecule is CCc1ccc(NC(N)=NCC2(C)OCCc3sccc32)cc1. The molecule has 0 saturated heterocycles. The van der Waals surface area contributed by atoms with Crippen molar-refractivity contribution in [1.82, 2.24) is 0 Å². The third-order valence-electron chi connectivity index (χ3n) is 4.25. The molecule has 5 heteroatoms. The van der Waals surface area contributed by atoms with Crippen molar-refractivity contribution in [1.29, 1.82) is 0 Å². The van der Waals surface area contributed by atoms with E-state index in [-0.39, 0.29) is 5.60 Å². The van der Waals surface area contributed by atoms with E-state index in [1.807, 2.05) is 12.1 Å². The predicted octanol–water partition coefficient (Wildman–Crippen LogP) is 3.53. The highest BCUT2D eigenvalue weighted by Crippen LogP contribution is 2.36. The quantitative estimate of drug-likeness (QED) is 0.666. The van der Waals surface area contributed by atoms with Crippen molar-refractivity contribution in [2.24, 2.45) is 10.7 Å². The second-order valence-corrected chi connectivity index (χ2v) is 6.96. The number of benzene rings is 1. The van der Waals surface area contributed by atoms with Crippen molar-refractivity contribution in [3.05, 3.63) is 51.7 Å². The number of thiophene rings is 1. The fraction of sp³-hybridized carbons (Fsp3) is 0.389. The number of ether oxygens (including phenoxy) is 1. The maximum absolute atomic E-state index is 6.03. The molecule has 2 heterocycles. The first kappa shape index (κ1) is 16.0. The van der Waals surface area contributed by atoms with E-state index >= 15 is 0 Å². The topological polar surface area (TPSA) is 59.6 Å². The molecule has 0 radical (unpaired) electrons. The molecule has 0 amide bonds. The van der Waals surface area contributed by atoms with Crippen LogP contribution in [0, 0.1) is 0 Å². The molecule has 1 unspecified atom stereocenters. The highest BCUT2D eigenvalue weighted by atomic mass is 32.1.